The van der Waals surface area contributed by atoms with Gasteiger partial charge in [0, 0.05) is 12.3 Å². The number of fused-ring (bicyclic) bond motifs is 5. The van der Waals surface area contributed by atoms with Crippen LogP contribution in [0.2, 0.25) is 0 Å². The first kappa shape index (κ1) is 46.0. The molecule has 340 valence electrons. The van der Waals surface area contributed by atoms with E-state index in [0.29, 0.717) is 25.7 Å². The summed E-state index contributed by atoms with van der Waals surface area (Å²) >= 11 is 0. The summed E-state index contributed by atoms with van der Waals surface area (Å²) in [6.45, 7) is 19.0. The third kappa shape index (κ3) is 7.35. The minimum Gasteiger partial charge on any atom is -0.463 e. The lowest BCUT2D eigenvalue weighted by molar-refractivity contribution is -0.380. The molecular formula is C44H74O15. The number of esters is 1. The smallest absolute Gasteiger partial charge is 0.302 e. The SMILES string of the molecule is CC(=O)OC[C@H]1O[C@@H](O[C@H]2[C@H](O[C@H]3C[C@]4(C)[C@H](C[C@@H](O)[C@@]5(C)[C@H]4CC[C@@H]5[C@]4(C)CC[C@@H](C(C)(C)O)O4)[C@@]4(C)CC[C@H](O)C(C)(C)[C@H]34)O[C@@H](C)[C@H](O)[C@H]2O)[C@H](O)[C@@H](O)[C@@H]1O. The fraction of sp³-hybridized carbons (Fsp3) is 0.977. The Labute approximate surface area is 349 Å². The Bertz CT molecular complexity index is 1540. The van der Waals surface area contributed by atoms with E-state index in [-0.39, 0.29) is 35.2 Å². The molecule has 8 N–H and O–H groups in total. The molecule has 0 aromatic carbocycles. The largest absolute Gasteiger partial charge is 0.463 e. The van der Waals surface area contributed by atoms with Gasteiger partial charge in [0.2, 0.25) is 0 Å². The molecule has 7 aliphatic rings. The van der Waals surface area contributed by atoms with Gasteiger partial charge in [0.15, 0.2) is 12.6 Å². The lowest BCUT2D eigenvalue weighted by atomic mass is 9.35. The first-order valence-electron chi connectivity index (χ1n) is 22.1. The highest BCUT2D eigenvalue weighted by Gasteiger charge is 2.73. The standard InChI is InChI=1S/C44H74O15/c1-20-30(48)33(51)35(58-37-34(52)32(50)31(49)23(57-37)19-54-21(2)45)38(55-20)56-22-18-42(8)24-11-12-25(43(9)16-14-29(59-43)40(5,6)53)44(24,10)28(47)17-26(42)41(7)15-13-27(46)39(3,4)36(22)41/h20,22-38,46-53H,11-19H2,1-10H3/t20-,22-,23+,24-,25+,26+,27-,28+,29-,30-,31+,32-,33+,34+,35+,36-,37-,38-,41+,42-,43-,44-/m0/s1. The monoisotopic (exact) mass is 843 g/mol. The van der Waals surface area contributed by atoms with E-state index in [4.69, 9.17) is 28.4 Å². The maximum absolute atomic E-state index is 12.5. The highest BCUT2D eigenvalue weighted by Crippen LogP contribution is 2.75. The van der Waals surface area contributed by atoms with Crippen LogP contribution in [0.5, 0.6) is 0 Å². The molecule has 0 aromatic heterocycles. The van der Waals surface area contributed by atoms with Crippen molar-refractivity contribution in [2.24, 2.45) is 45.3 Å². The van der Waals surface area contributed by atoms with E-state index in [9.17, 15) is 45.6 Å². The predicted molar refractivity (Wildman–Crippen MR) is 210 cm³/mol. The van der Waals surface area contributed by atoms with Crippen molar-refractivity contribution in [3.05, 3.63) is 0 Å². The first-order chi connectivity index (χ1) is 27.2. The number of hydrogen-bond donors (Lipinski definition) is 8. The molecule has 0 amide bonds. The minimum atomic E-state index is -1.79. The van der Waals surface area contributed by atoms with Gasteiger partial charge in [-0.3, -0.25) is 4.79 Å². The number of hydrogen-bond acceptors (Lipinski definition) is 15. The van der Waals surface area contributed by atoms with E-state index in [2.05, 4.69) is 41.5 Å². The van der Waals surface area contributed by atoms with Gasteiger partial charge in [-0.25, -0.2) is 0 Å². The fourth-order valence-electron chi connectivity index (χ4n) is 14.5. The molecule has 0 unspecified atom stereocenters. The molecule has 4 aliphatic carbocycles. The van der Waals surface area contributed by atoms with Crippen LogP contribution < -0.4 is 0 Å². The van der Waals surface area contributed by atoms with E-state index >= 15 is 0 Å². The Morgan fingerprint density at radius 2 is 1.39 bits per heavy atom. The van der Waals surface area contributed by atoms with Crippen LogP contribution in [-0.4, -0.2) is 150 Å². The molecule has 0 radical (unpaired) electrons. The van der Waals surface area contributed by atoms with Crippen LogP contribution in [0.1, 0.15) is 121 Å². The lowest BCUT2D eigenvalue weighted by Gasteiger charge is -2.71. The first-order valence-corrected chi connectivity index (χ1v) is 22.1. The zero-order chi connectivity index (χ0) is 43.6. The van der Waals surface area contributed by atoms with Crippen LogP contribution in [-0.2, 0) is 33.2 Å². The summed E-state index contributed by atoms with van der Waals surface area (Å²) in [5.41, 5.74) is -3.48. The molecule has 22 atom stereocenters. The van der Waals surface area contributed by atoms with Crippen molar-refractivity contribution in [1.82, 2.24) is 0 Å². The van der Waals surface area contributed by atoms with Crippen LogP contribution in [0, 0.1) is 45.3 Å². The summed E-state index contributed by atoms with van der Waals surface area (Å²) in [4.78, 5) is 11.6. The Morgan fingerprint density at radius 1 is 0.729 bits per heavy atom. The van der Waals surface area contributed by atoms with Gasteiger partial charge in [-0.15, -0.1) is 0 Å². The van der Waals surface area contributed by atoms with Gasteiger partial charge < -0.3 is 69.3 Å². The maximum Gasteiger partial charge on any atom is 0.302 e. The van der Waals surface area contributed by atoms with Crippen LogP contribution in [0.25, 0.3) is 0 Å². The molecule has 0 spiro atoms. The molecule has 7 rings (SSSR count). The summed E-state index contributed by atoms with van der Waals surface area (Å²) in [5, 5.41) is 90.3. The summed E-state index contributed by atoms with van der Waals surface area (Å²) in [7, 11) is 0. The van der Waals surface area contributed by atoms with E-state index in [0.717, 1.165) is 25.7 Å². The van der Waals surface area contributed by atoms with Crippen LogP contribution in [0.4, 0.5) is 0 Å². The lowest BCUT2D eigenvalue weighted by Crippen LogP contribution is -2.70. The predicted octanol–water partition coefficient (Wildman–Crippen LogP) is 1.93. The third-order valence-corrected chi connectivity index (χ3v) is 17.5. The van der Waals surface area contributed by atoms with Crippen molar-refractivity contribution in [1.29, 1.82) is 0 Å². The molecule has 15 heteroatoms. The van der Waals surface area contributed by atoms with Gasteiger partial charge in [0.05, 0.1) is 41.7 Å². The molecular weight excluding hydrogens is 768 g/mol. The van der Waals surface area contributed by atoms with E-state index in [1.165, 1.54) is 6.92 Å². The Hall–Kier alpha value is -1.05. The number of ether oxygens (including phenoxy) is 6. The fourth-order valence-corrected chi connectivity index (χ4v) is 14.5. The highest BCUT2D eigenvalue weighted by molar-refractivity contribution is 5.65. The topological polar surface area (TPSA) is 234 Å². The zero-order valence-corrected chi connectivity index (χ0v) is 36.7. The molecule has 7 fully saturated rings. The second-order valence-corrected chi connectivity index (χ2v) is 21.8. The third-order valence-electron chi connectivity index (χ3n) is 17.5. The summed E-state index contributed by atoms with van der Waals surface area (Å²) in [6, 6.07) is 0. The molecule has 3 saturated heterocycles. The highest BCUT2D eigenvalue weighted by atomic mass is 16.8. The maximum atomic E-state index is 12.5. The van der Waals surface area contributed by atoms with Crippen molar-refractivity contribution < 1.29 is 74.1 Å². The van der Waals surface area contributed by atoms with Crippen LogP contribution >= 0.6 is 0 Å². The number of aliphatic hydroxyl groups excluding tert-OH is 7. The average Bonchev–Trinajstić information content (AvgIpc) is 3.74. The molecule has 3 heterocycles. The van der Waals surface area contributed by atoms with Gasteiger partial charge in [0.1, 0.15) is 49.3 Å². The number of aliphatic hydroxyl groups is 8. The molecule has 3 aliphatic heterocycles. The molecule has 59 heavy (non-hydrogen) atoms. The van der Waals surface area contributed by atoms with Crippen molar-refractivity contribution in [2.45, 2.75) is 218 Å². The van der Waals surface area contributed by atoms with E-state index in [1.807, 2.05) is 0 Å². The quantitative estimate of drug-likeness (QED) is 0.129. The number of carbonyl (C=O) groups is 1. The van der Waals surface area contributed by atoms with Crippen molar-refractivity contribution >= 4 is 5.97 Å². The molecule has 0 aromatic rings. The van der Waals surface area contributed by atoms with Crippen LogP contribution in [0.3, 0.4) is 0 Å². The molecule has 4 saturated carbocycles. The van der Waals surface area contributed by atoms with Gasteiger partial charge in [-0.2, -0.15) is 0 Å². The minimum absolute atomic E-state index is 0.0343. The van der Waals surface area contributed by atoms with E-state index in [1.54, 1.807) is 20.8 Å². The Kier molecular flexibility index (Phi) is 12.1. The van der Waals surface area contributed by atoms with E-state index < -0.39 is 120 Å². The molecule has 0 bridgehead atoms. The average molecular weight is 843 g/mol. The van der Waals surface area contributed by atoms with Gasteiger partial charge in [0.25, 0.3) is 0 Å². The zero-order valence-electron chi connectivity index (χ0n) is 36.7. The van der Waals surface area contributed by atoms with Crippen LogP contribution in [0.15, 0.2) is 0 Å². The second kappa shape index (κ2) is 15.6. The summed E-state index contributed by atoms with van der Waals surface area (Å²) in [6.07, 6.45) is -11.3. The Morgan fingerprint density at radius 3 is 2.02 bits per heavy atom. The summed E-state index contributed by atoms with van der Waals surface area (Å²) < 4.78 is 37.3. The van der Waals surface area contributed by atoms with Crippen molar-refractivity contribution in [3.63, 3.8) is 0 Å². The second-order valence-electron chi connectivity index (χ2n) is 21.8. The number of rotatable bonds is 8. The van der Waals surface area contributed by atoms with Gasteiger partial charge >= 0.3 is 5.97 Å². The van der Waals surface area contributed by atoms with Crippen molar-refractivity contribution in [3.8, 4) is 0 Å². The van der Waals surface area contributed by atoms with Gasteiger partial charge in [-0.05, 0) is 119 Å². The normalized spacial score (nSPS) is 54.9. The number of carbonyl (C=O) groups excluding carboxylic acids is 1. The Balaban J connectivity index is 1.23. The summed E-state index contributed by atoms with van der Waals surface area (Å²) in [5.74, 6) is -0.731. The van der Waals surface area contributed by atoms with Gasteiger partial charge in [-0.1, -0.05) is 34.6 Å². The van der Waals surface area contributed by atoms with Crippen molar-refractivity contribution in [2.75, 3.05) is 6.61 Å². The molecule has 15 nitrogen and oxygen atoms in total.